The normalized spacial score (nSPS) is 10.4. The van der Waals surface area contributed by atoms with E-state index < -0.39 is 5.91 Å². The van der Waals surface area contributed by atoms with Crippen molar-refractivity contribution < 1.29 is 4.79 Å². The van der Waals surface area contributed by atoms with E-state index in [0.717, 1.165) is 5.56 Å². The maximum absolute atomic E-state index is 12.5. The van der Waals surface area contributed by atoms with E-state index in [1.807, 2.05) is 12.1 Å². The number of anilines is 1. The number of nitrogens with zero attached hydrogens (tertiary/aromatic N) is 2. The molecule has 3 aromatic rings. The fourth-order valence-corrected chi connectivity index (χ4v) is 2.38. The molecule has 1 amide bonds. The summed E-state index contributed by atoms with van der Waals surface area (Å²) >= 11 is 5.86. The van der Waals surface area contributed by atoms with Crippen LogP contribution >= 0.6 is 11.6 Å². The molecule has 0 aliphatic carbocycles. The van der Waals surface area contributed by atoms with Crippen molar-refractivity contribution in [3.05, 3.63) is 93.6 Å². The topological polar surface area (TPSA) is 64.0 Å². The molecule has 120 valence electrons. The Morgan fingerprint density at radius 3 is 2.62 bits per heavy atom. The van der Waals surface area contributed by atoms with Crippen LogP contribution in [0.15, 0.2) is 71.9 Å². The van der Waals surface area contributed by atoms with Gasteiger partial charge in [0, 0.05) is 17.4 Å². The molecule has 0 radical (unpaired) electrons. The highest BCUT2D eigenvalue weighted by molar-refractivity contribution is 6.30. The minimum Gasteiger partial charge on any atom is -0.320 e. The quantitative estimate of drug-likeness (QED) is 0.794. The summed E-state index contributed by atoms with van der Waals surface area (Å²) in [5.74, 6) is -0.460. The summed E-state index contributed by atoms with van der Waals surface area (Å²) in [5.41, 5.74) is 1.19. The summed E-state index contributed by atoms with van der Waals surface area (Å²) in [7, 11) is 0. The second kappa shape index (κ2) is 7.10. The van der Waals surface area contributed by atoms with Crippen LogP contribution in [0.4, 0.5) is 5.69 Å². The van der Waals surface area contributed by atoms with Crippen LogP contribution in [0.5, 0.6) is 0 Å². The van der Waals surface area contributed by atoms with Gasteiger partial charge in [0.05, 0.1) is 18.4 Å². The van der Waals surface area contributed by atoms with E-state index in [-0.39, 0.29) is 11.1 Å². The van der Waals surface area contributed by atoms with Crippen molar-refractivity contribution in [1.82, 2.24) is 9.55 Å². The molecule has 0 bridgehead atoms. The molecule has 2 heterocycles. The lowest BCUT2D eigenvalue weighted by Gasteiger charge is -2.09. The molecular formula is C18H14ClN3O2. The predicted molar refractivity (Wildman–Crippen MR) is 93.4 cm³/mol. The van der Waals surface area contributed by atoms with Crippen LogP contribution in [-0.2, 0) is 6.54 Å². The summed E-state index contributed by atoms with van der Waals surface area (Å²) < 4.78 is 1.49. The van der Waals surface area contributed by atoms with Gasteiger partial charge >= 0.3 is 0 Å². The summed E-state index contributed by atoms with van der Waals surface area (Å²) in [4.78, 5) is 28.8. The molecule has 24 heavy (non-hydrogen) atoms. The van der Waals surface area contributed by atoms with Crippen LogP contribution in [0.25, 0.3) is 0 Å². The van der Waals surface area contributed by atoms with E-state index in [0.29, 0.717) is 17.3 Å². The molecule has 0 aliphatic rings. The van der Waals surface area contributed by atoms with E-state index in [9.17, 15) is 9.59 Å². The molecule has 1 aromatic carbocycles. The Labute approximate surface area is 143 Å². The number of hydrogen-bond donors (Lipinski definition) is 1. The predicted octanol–water partition coefficient (Wildman–Crippen LogP) is 3.20. The molecule has 6 heteroatoms. The van der Waals surface area contributed by atoms with Crippen LogP contribution in [0, 0.1) is 0 Å². The van der Waals surface area contributed by atoms with Gasteiger partial charge in [-0.3, -0.25) is 14.6 Å². The molecule has 5 nitrogen and oxygen atoms in total. The Bertz CT molecular complexity index is 906. The molecule has 0 saturated carbocycles. The second-order valence-electron chi connectivity index (χ2n) is 5.18. The molecule has 0 spiro atoms. The van der Waals surface area contributed by atoms with Gasteiger partial charge in [-0.05, 0) is 42.0 Å². The smallest absolute Gasteiger partial charge is 0.263 e. The lowest BCUT2D eigenvalue weighted by molar-refractivity contribution is 0.102. The van der Waals surface area contributed by atoms with Gasteiger partial charge in [-0.15, -0.1) is 0 Å². The first-order valence-electron chi connectivity index (χ1n) is 7.29. The highest BCUT2D eigenvalue weighted by Gasteiger charge is 2.12. The van der Waals surface area contributed by atoms with Crippen LogP contribution < -0.4 is 10.9 Å². The van der Waals surface area contributed by atoms with Gasteiger partial charge in [-0.1, -0.05) is 23.7 Å². The van der Waals surface area contributed by atoms with E-state index in [2.05, 4.69) is 10.3 Å². The Balaban J connectivity index is 1.84. The van der Waals surface area contributed by atoms with E-state index >= 15 is 0 Å². The highest BCUT2D eigenvalue weighted by atomic mass is 35.5. The number of nitrogens with one attached hydrogen (secondary N) is 1. The number of pyridine rings is 2. The van der Waals surface area contributed by atoms with Gasteiger partial charge in [-0.2, -0.15) is 0 Å². The van der Waals surface area contributed by atoms with Gasteiger partial charge in [0.1, 0.15) is 5.56 Å². The largest absolute Gasteiger partial charge is 0.320 e. The van der Waals surface area contributed by atoms with Crippen LogP contribution in [0.2, 0.25) is 5.02 Å². The average molecular weight is 340 g/mol. The molecule has 0 aliphatic heterocycles. The fourth-order valence-electron chi connectivity index (χ4n) is 2.26. The SMILES string of the molecule is O=C(Nc1cccnc1)c1cccn(Cc2ccc(Cl)cc2)c1=O. The lowest BCUT2D eigenvalue weighted by Crippen LogP contribution is -2.29. The van der Waals surface area contributed by atoms with Gasteiger partial charge < -0.3 is 9.88 Å². The first-order chi connectivity index (χ1) is 11.6. The van der Waals surface area contributed by atoms with Gasteiger partial charge in [0.15, 0.2) is 0 Å². The highest BCUT2D eigenvalue weighted by Crippen LogP contribution is 2.10. The monoisotopic (exact) mass is 339 g/mol. The number of aromatic nitrogens is 2. The molecule has 0 atom stereocenters. The summed E-state index contributed by atoms with van der Waals surface area (Å²) in [6.45, 7) is 0.365. The van der Waals surface area contributed by atoms with E-state index in [1.54, 1.807) is 42.7 Å². The number of benzene rings is 1. The van der Waals surface area contributed by atoms with E-state index in [1.165, 1.54) is 16.8 Å². The van der Waals surface area contributed by atoms with Gasteiger partial charge in [0.25, 0.3) is 11.5 Å². The summed E-state index contributed by atoms with van der Waals surface area (Å²) in [6.07, 6.45) is 4.78. The van der Waals surface area contributed by atoms with Crippen molar-refractivity contribution in [2.75, 3.05) is 5.32 Å². The van der Waals surface area contributed by atoms with Crippen LogP contribution in [0.1, 0.15) is 15.9 Å². The first kappa shape index (κ1) is 16.0. The third-order valence-corrected chi connectivity index (χ3v) is 3.70. The Hall–Kier alpha value is -2.92. The van der Waals surface area contributed by atoms with Crippen molar-refractivity contribution in [2.45, 2.75) is 6.54 Å². The van der Waals surface area contributed by atoms with Gasteiger partial charge in [0.2, 0.25) is 0 Å². The van der Waals surface area contributed by atoms with Crippen molar-refractivity contribution in [1.29, 1.82) is 0 Å². The Morgan fingerprint density at radius 1 is 1.12 bits per heavy atom. The Morgan fingerprint density at radius 2 is 1.92 bits per heavy atom. The molecule has 1 N–H and O–H groups in total. The Kier molecular flexibility index (Phi) is 4.72. The third kappa shape index (κ3) is 3.70. The van der Waals surface area contributed by atoms with Crippen LogP contribution in [-0.4, -0.2) is 15.5 Å². The molecule has 3 rings (SSSR count). The van der Waals surface area contributed by atoms with Crippen molar-refractivity contribution in [3.63, 3.8) is 0 Å². The van der Waals surface area contributed by atoms with Crippen molar-refractivity contribution >= 4 is 23.2 Å². The number of amides is 1. The molecule has 0 saturated heterocycles. The number of carbonyl (C=O) groups excluding carboxylic acids is 1. The summed E-state index contributed by atoms with van der Waals surface area (Å²) in [6, 6.07) is 13.8. The zero-order valence-electron chi connectivity index (χ0n) is 12.6. The minimum absolute atomic E-state index is 0.0790. The molecule has 2 aromatic heterocycles. The third-order valence-electron chi connectivity index (χ3n) is 3.45. The molecular weight excluding hydrogens is 326 g/mol. The zero-order valence-corrected chi connectivity index (χ0v) is 13.4. The molecule has 0 fully saturated rings. The zero-order chi connectivity index (χ0) is 16.9. The number of halogens is 1. The van der Waals surface area contributed by atoms with Crippen molar-refractivity contribution in [3.8, 4) is 0 Å². The van der Waals surface area contributed by atoms with Gasteiger partial charge in [-0.25, -0.2) is 0 Å². The second-order valence-corrected chi connectivity index (χ2v) is 5.61. The fraction of sp³-hybridized carbons (Fsp3) is 0.0556. The van der Waals surface area contributed by atoms with Crippen molar-refractivity contribution in [2.24, 2.45) is 0 Å². The average Bonchev–Trinajstić information content (AvgIpc) is 2.59. The van der Waals surface area contributed by atoms with E-state index in [4.69, 9.17) is 11.6 Å². The first-order valence-corrected chi connectivity index (χ1v) is 7.66. The number of carbonyl (C=O) groups is 1. The lowest BCUT2D eigenvalue weighted by atomic mass is 10.2. The summed E-state index contributed by atoms with van der Waals surface area (Å²) in [5, 5.41) is 3.30. The maximum Gasteiger partial charge on any atom is 0.263 e. The molecule has 0 unspecified atom stereocenters. The minimum atomic E-state index is -0.460. The maximum atomic E-state index is 12.5. The number of rotatable bonds is 4. The number of hydrogen-bond acceptors (Lipinski definition) is 3. The standard InChI is InChI=1S/C18H14ClN3O2/c19-14-7-5-13(6-8-14)12-22-10-2-4-16(18(22)24)17(23)21-15-3-1-9-20-11-15/h1-11H,12H2,(H,21,23). The van der Waals surface area contributed by atoms with Crippen LogP contribution in [0.3, 0.4) is 0 Å².